The number of anilines is 1. The molecule has 2 heterocycles. The van der Waals surface area contributed by atoms with Gasteiger partial charge in [-0.3, -0.25) is 18.7 Å². The Balaban J connectivity index is 1.91. The highest BCUT2D eigenvalue weighted by atomic mass is 32.1. The van der Waals surface area contributed by atoms with Gasteiger partial charge in [-0.15, -0.1) is 0 Å². The number of nitrogens with zero attached hydrogens (tertiary/aromatic N) is 3. The maximum absolute atomic E-state index is 12.9. The predicted octanol–water partition coefficient (Wildman–Crippen LogP) is 4.74. The molecule has 1 aromatic carbocycles. The molecule has 2 aromatic heterocycles. The third kappa shape index (κ3) is 4.96. The number of aromatic hydroxyl groups is 1. The molecule has 3 aromatic rings. The van der Waals surface area contributed by atoms with Gasteiger partial charge >= 0.3 is 6.18 Å². The molecule has 0 saturated heterocycles. The third-order valence-electron chi connectivity index (χ3n) is 5.04. The average Bonchev–Trinajstić information content (AvgIpc) is 2.77. The number of halogens is 3. The van der Waals surface area contributed by atoms with Gasteiger partial charge in [0, 0.05) is 32.0 Å². The second kappa shape index (κ2) is 9.29. The van der Waals surface area contributed by atoms with Crippen LogP contribution in [0.25, 0.3) is 0 Å². The number of pyridine rings is 1. The van der Waals surface area contributed by atoms with Gasteiger partial charge in [0.15, 0.2) is 10.3 Å². The molecule has 0 aliphatic heterocycles. The summed E-state index contributed by atoms with van der Waals surface area (Å²) in [7, 11) is 2.82. The molecule has 0 unspecified atom stereocenters. The average molecular weight is 494 g/mol. The number of alkyl halides is 3. The highest BCUT2D eigenvalue weighted by Crippen LogP contribution is 2.33. The van der Waals surface area contributed by atoms with Crippen LogP contribution in [0.2, 0.25) is 0 Å². The van der Waals surface area contributed by atoms with Gasteiger partial charge in [-0.05, 0) is 48.0 Å². The first-order valence-electron chi connectivity index (χ1n) is 9.96. The molecule has 0 bridgehead atoms. The Kier molecular flexibility index (Phi) is 6.82. The Bertz CT molecular complexity index is 1360. The molecule has 12 heteroatoms. The molecular formula is C22H21F3N4O4S. The molecule has 0 aliphatic rings. The van der Waals surface area contributed by atoms with Crippen LogP contribution < -0.4 is 15.6 Å². The first-order chi connectivity index (χ1) is 15.8. The molecule has 0 atom stereocenters. The molecule has 0 spiro atoms. The van der Waals surface area contributed by atoms with E-state index in [-0.39, 0.29) is 22.3 Å². The summed E-state index contributed by atoms with van der Waals surface area (Å²) < 4.78 is 46.0. The molecule has 0 saturated carbocycles. The quantitative estimate of drug-likeness (QED) is 0.497. The summed E-state index contributed by atoms with van der Waals surface area (Å²) in [5.41, 5.74) is -1.13. The number of amides is 1. The predicted molar refractivity (Wildman–Crippen MR) is 121 cm³/mol. The number of aromatic nitrogens is 3. The van der Waals surface area contributed by atoms with Crippen LogP contribution in [0.15, 0.2) is 41.3 Å². The lowest BCUT2D eigenvalue weighted by Crippen LogP contribution is -2.31. The lowest BCUT2D eigenvalue weighted by Gasteiger charge is -2.17. The van der Waals surface area contributed by atoms with Crippen molar-refractivity contribution in [2.75, 3.05) is 5.32 Å². The van der Waals surface area contributed by atoms with Crippen LogP contribution in [0.3, 0.4) is 0 Å². The van der Waals surface area contributed by atoms with Crippen molar-refractivity contribution < 1.29 is 27.8 Å². The van der Waals surface area contributed by atoms with Crippen LogP contribution in [-0.4, -0.2) is 25.1 Å². The number of carbonyl (C=O) groups is 1. The van der Waals surface area contributed by atoms with Gasteiger partial charge in [0.25, 0.3) is 11.5 Å². The maximum atomic E-state index is 12.9. The Hall–Kier alpha value is -3.67. The fourth-order valence-electron chi connectivity index (χ4n) is 3.14. The number of benzene rings is 1. The van der Waals surface area contributed by atoms with Crippen molar-refractivity contribution >= 4 is 23.8 Å². The van der Waals surface area contributed by atoms with Crippen molar-refractivity contribution in [2.45, 2.75) is 25.9 Å². The van der Waals surface area contributed by atoms with Crippen LogP contribution in [0, 0.1) is 4.77 Å². The van der Waals surface area contributed by atoms with E-state index in [9.17, 15) is 27.9 Å². The fourth-order valence-corrected chi connectivity index (χ4v) is 3.31. The van der Waals surface area contributed by atoms with Gasteiger partial charge in [0.1, 0.15) is 5.75 Å². The molecule has 0 fully saturated rings. The normalized spacial score (nSPS) is 11.5. The standard InChI is InChI=1S/C22H21F3N4O4S/c1-11(2)14-9-13(33-16-8-5-12(10-26-16)22(23,24)25)6-7-15(14)27-18(30)17-19(31)28(3)21(34)29(4)20(17)32/h5-11,31H,1-4H3,(H,27,30). The Labute approximate surface area is 197 Å². The number of hydrogen-bond acceptors (Lipinski definition) is 6. The van der Waals surface area contributed by atoms with E-state index < -0.39 is 34.6 Å². The number of nitrogens with one attached hydrogen (secondary N) is 1. The minimum Gasteiger partial charge on any atom is -0.494 e. The molecule has 180 valence electrons. The summed E-state index contributed by atoms with van der Waals surface area (Å²) in [5.74, 6) is -1.25. The molecular weight excluding hydrogens is 473 g/mol. The van der Waals surface area contributed by atoms with E-state index in [1.165, 1.54) is 26.2 Å². The molecule has 2 N–H and O–H groups in total. The molecule has 8 nitrogen and oxygen atoms in total. The van der Waals surface area contributed by atoms with E-state index in [1.807, 2.05) is 13.8 Å². The van der Waals surface area contributed by atoms with Crippen molar-refractivity contribution in [3.63, 3.8) is 0 Å². The first-order valence-corrected chi connectivity index (χ1v) is 10.4. The Morgan fingerprint density at radius 3 is 2.41 bits per heavy atom. The van der Waals surface area contributed by atoms with Gasteiger partial charge in [-0.2, -0.15) is 13.2 Å². The van der Waals surface area contributed by atoms with Gasteiger partial charge in [-0.25, -0.2) is 4.98 Å². The second-order valence-corrected chi connectivity index (χ2v) is 8.11. The topological polar surface area (TPSA) is 98.4 Å². The first kappa shape index (κ1) is 25.0. The smallest absolute Gasteiger partial charge is 0.417 e. The second-order valence-electron chi connectivity index (χ2n) is 7.75. The van der Waals surface area contributed by atoms with Gasteiger partial charge in [0.2, 0.25) is 11.8 Å². The Morgan fingerprint density at radius 2 is 1.85 bits per heavy atom. The van der Waals surface area contributed by atoms with Crippen LogP contribution in [0.4, 0.5) is 18.9 Å². The number of rotatable bonds is 5. The lowest BCUT2D eigenvalue weighted by atomic mass is 10.0. The molecule has 0 radical (unpaired) electrons. The van der Waals surface area contributed by atoms with Crippen LogP contribution in [0.1, 0.15) is 41.3 Å². The highest BCUT2D eigenvalue weighted by Gasteiger charge is 2.30. The van der Waals surface area contributed by atoms with Crippen LogP contribution >= 0.6 is 12.2 Å². The summed E-state index contributed by atoms with van der Waals surface area (Å²) in [4.78, 5) is 29.1. The molecule has 1 amide bonds. The number of carbonyl (C=O) groups excluding carboxylic acids is 1. The van der Waals surface area contributed by atoms with E-state index in [2.05, 4.69) is 10.3 Å². The molecule has 0 aliphatic carbocycles. The minimum atomic E-state index is -4.51. The van der Waals surface area contributed by atoms with E-state index in [4.69, 9.17) is 17.0 Å². The fraction of sp³-hybridized carbons (Fsp3) is 0.273. The lowest BCUT2D eigenvalue weighted by molar-refractivity contribution is -0.137. The van der Waals surface area contributed by atoms with Crippen molar-refractivity contribution in [1.82, 2.24) is 14.1 Å². The van der Waals surface area contributed by atoms with E-state index >= 15 is 0 Å². The zero-order valence-corrected chi connectivity index (χ0v) is 19.4. The van der Waals surface area contributed by atoms with E-state index in [1.54, 1.807) is 6.07 Å². The summed E-state index contributed by atoms with van der Waals surface area (Å²) in [6.07, 6.45) is -3.83. The van der Waals surface area contributed by atoms with Gasteiger partial charge in [-0.1, -0.05) is 13.8 Å². The van der Waals surface area contributed by atoms with Crippen molar-refractivity contribution in [2.24, 2.45) is 14.1 Å². The summed E-state index contributed by atoms with van der Waals surface area (Å²) in [6, 6.07) is 6.58. The number of ether oxygens (including phenoxy) is 1. The zero-order chi connectivity index (χ0) is 25.4. The third-order valence-corrected chi connectivity index (χ3v) is 5.59. The Morgan fingerprint density at radius 1 is 1.18 bits per heavy atom. The summed E-state index contributed by atoms with van der Waals surface area (Å²) >= 11 is 5.05. The van der Waals surface area contributed by atoms with Gasteiger partial charge in [0.05, 0.1) is 5.56 Å². The van der Waals surface area contributed by atoms with E-state index in [0.29, 0.717) is 17.4 Å². The number of hydrogen-bond donors (Lipinski definition) is 2. The van der Waals surface area contributed by atoms with Crippen LogP contribution in [-0.2, 0) is 20.3 Å². The van der Waals surface area contributed by atoms with Gasteiger partial charge < -0.3 is 15.2 Å². The van der Waals surface area contributed by atoms with Crippen LogP contribution in [0.5, 0.6) is 17.5 Å². The largest absolute Gasteiger partial charge is 0.494 e. The monoisotopic (exact) mass is 494 g/mol. The molecule has 3 rings (SSSR count). The highest BCUT2D eigenvalue weighted by molar-refractivity contribution is 7.71. The van der Waals surface area contributed by atoms with Crippen molar-refractivity contribution in [1.29, 1.82) is 0 Å². The van der Waals surface area contributed by atoms with Crippen molar-refractivity contribution in [3.05, 3.63) is 68.3 Å². The van der Waals surface area contributed by atoms with E-state index in [0.717, 1.165) is 21.3 Å². The summed E-state index contributed by atoms with van der Waals surface area (Å²) in [5, 5.41) is 12.9. The zero-order valence-electron chi connectivity index (χ0n) is 18.6. The summed E-state index contributed by atoms with van der Waals surface area (Å²) in [6.45, 7) is 3.71. The minimum absolute atomic E-state index is 0.0376. The SMILES string of the molecule is CC(C)c1cc(Oc2ccc(C(F)(F)F)cn2)ccc1NC(=O)c1c(O)n(C)c(=S)n(C)c1=O. The molecule has 34 heavy (non-hydrogen) atoms. The van der Waals surface area contributed by atoms with Crippen molar-refractivity contribution in [3.8, 4) is 17.5 Å². The maximum Gasteiger partial charge on any atom is 0.417 e.